The molecule has 1 heteroatoms. The van der Waals surface area contributed by atoms with Crippen molar-refractivity contribution in [3.8, 4) is 0 Å². The van der Waals surface area contributed by atoms with Crippen molar-refractivity contribution in [2.24, 2.45) is 0 Å². The third kappa shape index (κ3) is 1.09. The fraction of sp³-hybridized carbons (Fsp3) is 0.286. The normalized spacial score (nSPS) is 14.9. The molecule has 0 aliphatic heterocycles. The molecule has 1 nitrogen and oxygen atoms in total. The van der Waals surface area contributed by atoms with Crippen LogP contribution in [-0.4, -0.2) is 13.6 Å². The van der Waals surface area contributed by atoms with E-state index in [4.69, 9.17) is 0 Å². The van der Waals surface area contributed by atoms with E-state index in [1.165, 1.54) is 5.57 Å². The highest BCUT2D eigenvalue weighted by Gasteiger charge is 1.88. The zero-order chi connectivity index (χ0) is 5.82. The van der Waals surface area contributed by atoms with Gasteiger partial charge in [-0.05, 0) is 19.2 Å². The highest BCUT2D eigenvalue weighted by Crippen LogP contribution is 1.97. The van der Waals surface area contributed by atoms with Crippen molar-refractivity contribution >= 4 is 0 Å². The molecule has 0 bridgehead atoms. The summed E-state index contributed by atoms with van der Waals surface area (Å²) in [5, 5.41) is 3.04. The Morgan fingerprint density at radius 3 is 3.12 bits per heavy atom. The van der Waals surface area contributed by atoms with Crippen LogP contribution in [-0.2, 0) is 0 Å². The maximum Gasteiger partial charge on any atom is 0.0275 e. The molecule has 0 radical (unpaired) electrons. The summed E-state index contributed by atoms with van der Waals surface area (Å²) in [5.74, 6) is 0. The smallest absolute Gasteiger partial charge is 0.0275 e. The van der Waals surface area contributed by atoms with Crippen molar-refractivity contribution < 1.29 is 0 Å². The average Bonchev–Trinajstić information content (AvgIpc) is 2.19. The standard InChI is InChI=1S/C7H9N/c1-8-6-7-4-2-3-5-7/h2-4,8H,6H2,1H3. The van der Waals surface area contributed by atoms with Gasteiger partial charge in [-0.3, -0.25) is 0 Å². The van der Waals surface area contributed by atoms with Gasteiger partial charge >= 0.3 is 0 Å². The summed E-state index contributed by atoms with van der Waals surface area (Å²) < 4.78 is 0. The van der Waals surface area contributed by atoms with Gasteiger partial charge < -0.3 is 5.32 Å². The Morgan fingerprint density at radius 1 is 1.75 bits per heavy atom. The topological polar surface area (TPSA) is 12.0 Å². The first-order chi connectivity index (χ1) is 3.93. The SMILES string of the molecule is CNCC1=C=CC=C1. The number of hydrogen-bond acceptors (Lipinski definition) is 1. The molecule has 0 fully saturated rings. The third-order valence-corrected chi connectivity index (χ3v) is 1.03. The Hall–Kier alpha value is -0.780. The van der Waals surface area contributed by atoms with E-state index in [0.29, 0.717) is 0 Å². The molecule has 0 heterocycles. The Kier molecular flexibility index (Phi) is 1.68. The highest BCUT2D eigenvalue weighted by molar-refractivity contribution is 5.29. The predicted molar refractivity (Wildman–Crippen MR) is 34.7 cm³/mol. The largest absolute Gasteiger partial charge is 0.315 e. The number of nitrogens with one attached hydrogen (secondary N) is 1. The van der Waals surface area contributed by atoms with Gasteiger partial charge in [0.05, 0.1) is 0 Å². The molecule has 1 aliphatic rings. The van der Waals surface area contributed by atoms with Crippen LogP contribution in [0.3, 0.4) is 0 Å². The first-order valence-electron chi connectivity index (χ1n) is 2.70. The molecule has 0 aromatic heterocycles. The first kappa shape index (κ1) is 5.36. The third-order valence-electron chi connectivity index (χ3n) is 1.03. The summed E-state index contributed by atoms with van der Waals surface area (Å²) >= 11 is 0. The second-order valence-corrected chi connectivity index (χ2v) is 1.73. The number of hydrogen-bond donors (Lipinski definition) is 1. The molecule has 0 atom stereocenters. The molecule has 0 saturated carbocycles. The second kappa shape index (κ2) is 2.51. The van der Waals surface area contributed by atoms with E-state index in [1.807, 2.05) is 19.2 Å². The van der Waals surface area contributed by atoms with Crippen LogP contribution < -0.4 is 5.32 Å². The summed E-state index contributed by atoms with van der Waals surface area (Å²) in [6.07, 6.45) is 5.97. The van der Waals surface area contributed by atoms with Crippen LogP contribution in [0.5, 0.6) is 0 Å². The lowest BCUT2D eigenvalue weighted by molar-refractivity contribution is 0.898. The average molecular weight is 107 g/mol. The van der Waals surface area contributed by atoms with Crippen molar-refractivity contribution in [1.82, 2.24) is 5.32 Å². The maximum absolute atomic E-state index is 3.08. The van der Waals surface area contributed by atoms with E-state index in [1.54, 1.807) is 0 Å². The fourth-order valence-corrected chi connectivity index (χ4v) is 0.668. The zero-order valence-corrected chi connectivity index (χ0v) is 4.94. The van der Waals surface area contributed by atoms with Crippen LogP contribution in [0.15, 0.2) is 29.5 Å². The Bertz CT molecular complexity index is 159. The summed E-state index contributed by atoms with van der Waals surface area (Å²) in [6, 6.07) is 0. The lowest BCUT2D eigenvalue weighted by Gasteiger charge is -1.91. The molecule has 0 amide bonds. The van der Waals surface area contributed by atoms with E-state index in [9.17, 15) is 0 Å². The molecular formula is C7H9N. The molecule has 1 N–H and O–H groups in total. The Balaban J connectivity index is 2.48. The van der Waals surface area contributed by atoms with Gasteiger partial charge in [-0.2, -0.15) is 0 Å². The lowest BCUT2D eigenvalue weighted by Crippen LogP contribution is -2.07. The van der Waals surface area contributed by atoms with Crippen molar-refractivity contribution in [2.75, 3.05) is 13.6 Å². The summed E-state index contributed by atoms with van der Waals surface area (Å²) in [6.45, 7) is 0.924. The predicted octanol–water partition coefficient (Wildman–Crippen LogP) is 0.857. The minimum Gasteiger partial charge on any atom is -0.315 e. The Morgan fingerprint density at radius 2 is 2.62 bits per heavy atom. The highest BCUT2D eigenvalue weighted by atomic mass is 14.8. The minimum absolute atomic E-state index is 0.924. The number of likely N-dealkylation sites (N-methyl/N-ethyl adjacent to an activating group) is 1. The van der Waals surface area contributed by atoms with Gasteiger partial charge in [-0.1, -0.05) is 6.08 Å². The first-order valence-corrected chi connectivity index (χ1v) is 2.70. The molecule has 1 rings (SSSR count). The monoisotopic (exact) mass is 107 g/mol. The Labute approximate surface area is 49.4 Å². The van der Waals surface area contributed by atoms with Crippen LogP contribution in [0.1, 0.15) is 0 Å². The van der Waals surface area contributed by atoms with E-state index >= 15 is 0 Å². The van der Waals surface area contributed by atoms with E-state index in [-0.39, 0.29) is 0 Å². The summed E-state index contributed by atoms with van der Waals surface area (Å²) in [4.78, 5) is 0. The van der Waals surface area contributed by atoms with Crippen LogP contribution in [0.2, 0.25) is 0 Å². The molecule has 0 aromatic rings. The molecular weight excluding hydrogens is 98.1 g/mol. The molecule has 42 valence electrons. The summed E-state index contributed by atoms with van der Waals surface area (Å²) in [5.41, 5.74) is 4.30. The van der Waals surface area contributed by atoms with Gasteiger partial charge in [0.2, 0.25) is 0 Å². The molecule has 0 unspecified atom stereocenters. The zero-order valence-electron chi connectivity index (χ0n) is 4.94. The van der Waals surface area contributed by atoms with Crippen molar-refractivity contribution in [1.29, 1.82) is 0 Å². The summed E-state index contributed by atoms with van der Waals surface area (Å²) in [7, 11) is 1.93. The van der Waals surface area contributed by atoms with Gasteiger partial charge in [0.1, 0.15) is 0 Å². The van der Waals surface area contributed by atoms with Gasteiger partial charge in [-0.25, -0.2) is 0 Å². The lowest BCUT2D eigenvalue weighted by atomic mass is 10.3. The van der Waals surface area contributed by atoms with Crippen molar-refractivity contribution in [3.63, 3.8) is 0 Å². The number of allylic oxidation sites excluding steroid dienone is 1. The molecule has 8 heavy (non-hydrogen) atoms. The van der Waals surface area contributed by atoms with Gasteiger partial charge in [0.25, 0.3) is 0 Å². The van der Waals surface area contributed by atoms with Gasteiger partial charge in [0.15, 0.2) is 0 Å². The van der Waals surface area contributed by atoms with E-state index < -0.39 is 0 Å². The molecule has 1 aliphatic carbocycles. The quantitative estimate of drug-likeness (QED) is 0.516. The van der Waals surface area contributed by atoms with E-state index in [0.717, 1.165) is 6.54 Å². The van der Waals surface area contributed by atoms with E-state index in [2.05, 4.69) is 17.1 Å². The van der Waals surface area contributed by atoms with Crippen LogP contribution in [0, 0.1) is 0 Å². The molecule has 0 spiro atoms. The van der Waals surface area contributed by atoms with Crippen LogP contribution in [0.4, 0.5) is 0 Å². The number of rotatable bonds is 2. The fourth-order valence-electron chi connectivity index (χ4n) is 0.668. The van der Waals surface area contributed by atoms with Crippen molar-refractivity contribution in [3.05, 3.63) is 29.5 Å². The maximum atomic E-state index is 3.08. The minimum atomic E-state index is 0.924. The van der Waals surface area contributed by atoms with Gasteiger partial charge in [0, 0.05) is 12.1 Å². The van der Waals surface area contributed by atoms with Crippen LogP contribution in [0.25, 0.3) is 0 Å². The molecule has 0 saturated heterocycles. The second-order valence-electron chi connectivity index (χ2n) is 1.73. The van der Waals surface area contributed by atoms with Gasteiger partial charge in [-0.15, -0.1) is 5.73 Å². The molecule has 0 aromatic carbocycles. The van der Waals surface area contributed by atoms with Crippen molar-refractivity contribution in [2.45, 2.75) is 0 Å². The van der Waals surface area contributed by atoms with Crippen LogP contribution >= 0.6 is 0 Å².